The van der Waals surface area contributed by atoms with Crippen LogP contribution in [0.2, 0.25) is 0 Å². The zero-order chi connectivity index (χ0) is 13.2. The molecule has 2 atom stereocenters. The summed E-state index contributed by atoms with van der Waals surface area (Å²) in [6.07, 6.45) is 6.92. The fraction of sp³-hybridized carbons (Fsp3) is 0.786. The van der Waals surface area contributed by atoms with Gasteiger partial charge in [-0.2, -0.15) is 5.10 Å². The summed E-state index contributed by atoms with van der Waals surface area (Å²) in [5, 5.41) is 7.82. The lowest BCUT2D eigenvalue weighted by Gasteiger charge is -2.23. The standard InChI is InChI=1S/C14H25N3O/c1-11-7-16-17(9-11)10-13-6-5-12(18-13)8-15-14(2,3)4/h7,9,12-13,15H,5-6,8,10H2,1-4H3. The second-order valence-electron chi connectivity index (χ2n) is 6.33. The van der Waals surface area contributed by atoms with E-state index in [1.54, 1.807) is 0 Å². The van der Waals surface area contributed by atoms with Gasteiger partial charge in [-0.1, -0.05) is 0 Å². The normalized spacial score (nSPS) is 24.7. The summed E-state index contributed by atoms with van der Waals surface area (Å²) in [6, 6.07) is 0. The van der Waals surface area contributed by atoms with E-state index < -0.39 is 0 Å². The lowest BCUT2D eigenvalue weighted by Crippen LogP contribution is -2.41. The minimum absolute atomic E-state index is 0.167. The van der Waals surface area contributed by atoms with Crippen LogP contribution in [0.5, 0.6) is 0 Å². The van der Waals surface area contributed by atoms with Crippen LogP contribution >= 0.6 is 0 Å². The van der Waals surface area contributed by atoms with E-state index in [0.717, 1.165) is 25.9 Å². The molecule has 0 saturated carbocycles. The Morgan fingerprint density at radius 2 is 2.11 bits per heavy atom. The molecule has 0 aromatic carbocycles. The van der Waals surface area contributed by atoms with Crippen molar-refractivity contribution >= 4 is 0 Å². The maximum absolute atomic E-state index is 6.05. The van der Waals surface area contributed by atoms with Gasteiger partial charge in [0.25, 0.3) is 0 Å². The molecule has 4 heteroatoms. The minimum Gasteiger partial charge on any atom is -0.372 e. The molecule has 0 radical (unpaired) electrons. The Balaban J connectivity index is 1.75. The quantitative estimate of drug-likeness (QED) is 0.891. The van der Waals surface area contributed by atoms with E-state index in [1.807, 2.05) is 10.9 Å². The smallest absolute Gasteiger partial charge is 0.0776 e. The lowest BCUT2D eigenvalue weighted by atomic mass is 10.1. The lowest BCUT2D eigenvalue weighted by molar-refractivity contribution is 0.0312. The molecule has 2 rings (SSSR count). The van der Waals surface area contributed by atoms with E-state index in [9.17, 15) is 0 Å². The van der Waals surface area contributed by atoms with Gasteiger partial charge in [-0.05, 0) is 46.1 Å². The van der Waals surface area contributed by atoms with E-state index >= 15 is 0 Å². The Morgan fingerprint density at radius 1 is 1.39 bits per heavy atom. The first-order valence-corrected chi connectivity index (χ1v) is 6.82. The summed E-state index contributed by atoms with van der Waals surface area (Å²) in [5.41, 5.74) is 1.37. The van der Waals surface area contributed by atoms with Gasteiger partial charge in [0.2, 0.25) is 0 Å². The molecular formula is C14H25N3O. The number of hydrogen-bond acceptors (Lipinski definition) is 3. The Morgan fingerprint density at radius 3 is 2.72 bits per heavy atom. The highest BCUT2D eigenvalue weighted by molar-refractivity contribution is 4.99. The van der Waals surface area contributed by atoms with E-state index in [-0.39, 0.29) is 5.54 Å². The number of rotatable bonds is 4. The minimum atomic E-state index is 0.167. The van der Waals surface area contributed by atoms with E-state index in [0.29, 0.717) is 12.2 Å². The molecule has 1 aromatic rings. The number of aryl methyl sites for hydroxylation is 1. The van der Waals surface area contributed by atoms with Gasteiger partial charge in [-0.3, -0.25) is 4.68 Å². The van der Waals surface area contributed by atoms with Crippen molar-refractivity contribution in [2.24, 2.45) is 0 Å². The molecule has 1 fully saturated rings. The molecule has 0 amide bonds. The highest BCUT2D eigenvalue weighted by Gasteiger charge is 2.26. The second kappa shape index (κ2) is 5.41. The molecule has 1 aliphatic heterocycles. The third kappa shape index (κ3) is 4.10. The molecule has 1 saturated heterocycles. The topological polar surface area (TPSA) is 39.1 Å². The van der Waals surface area contributed by atoms with Gasteiger partial charge in [0, 0.05) is 18.3 Å². The van der Waals surface area contributed by atoms with Crippen molar-refractivity contribution in [2.75, 3.05) is 6.54 Å². The largest absolute Gasteiger partial charge is 0.372 e. The average Bonchev–Trinajstić information content (AvgIpc) is 2.85. The Bertz CT molecular complexity index is 381. The third-order valence-electron chi connectivity index (χ3n) is 3.21. The Hall–Kier alpha value is -0.870. The average molecular weight is 251 g/mol. The molecule has 102 valence electrons. The molecule has 2 unspecified atom stereocenters. The fourth-order valence-corrected chi connectivity index (χ4v) is 2.26. The number of nitrogens with one attached hydrogen (secondary N) is 1. The van der Waals surface area contributed by atoms with Gasteiger partial charge in [0.15, 0.2) is 0 Å². The van der Waals surface area contributed by atoms with E-state index in [1.165, 1.54) is 5.56 Å². The van der Waals surface area contributed by atoms with Gasteiger partial charge in [-0.15, -0.1) is 0 Å². The molecule has 2 heterocycles. The maximum atomic E-state index is 6.05. The number of hydrogen-bond donors (Lipinski definition) is 1. The molecule has 1 aromatic heterocycles. The SMILES string of the molecule is Cc1cnn(CC2CCC(CNC(C)(C)C)O2)c1. The number of ether oxygens (including phenoxy) is 1. The van der Waals surface area contributed by atoms with Crippen LogP contribution in [0.15, 0.2) is 12.4 Å². The summed E-state index contributed by atoms with van der Waals surface area (Å²) in [4.78, 5) is 0. The summed E-state index contributed by atoms with van der Waals surface area (Å²) < 4.78 is 8.03. The highest BCUT2D eigenvalue weighted by Crippen LogP contribution is 2.21. The molecule has 0 spiro atoms. The van der Waals surface area contributed by atoms with Crippen LogP contribution in [-0.4, -0.2) is 34.1 Å². The molecule has 1 aliphatic rings. The molecule has 4 nitrogen and oxygen atoms in total. The zero-order valence-corrected chi connectivity index (χ0v) is 11.9. The van der Waals surface area contributed by atoms with Gasteiger partial charge in [0.05, 0.1) is 24.9 Å². The van der Waals surface area contributed by atoms with Crippen molar-refractivity contribution in [3.63, 3.8) is 0 Å². The third-order valence-corrected chi connectivity index (χ3v) is 3.21. The second-order valence-corrected chi connectivity index (χ2v) is 6.33. The van der Waals surface area contributed by atoms with Crippen LogP contribution in [-0.2, 0) is 11.3 Å². The van der Waals surface area contributed by atoms with E-state index in [2.05, 4.69) is 44.3 Å². The van der Waals surface area contributed by atoms with Crippen LogP contribution in [0.1, 0.15) is 39.2 Å². The Kier molecular flexibility index (Phi) is 4.07. The van der Waals surface area contributed by atoms with Crippen molar-refractivity contribution in [2.45, 2.75) is 64.8 Å². The van der Waals surface area contributed by atoms with Crippen molar-refractivity contribution in [3.05, 3.63) is 18.0 Å². The first-order chi connectivity index (χ1) is 8.42. The number of aromatic nitrogens is 2. The van der Waals surface area contributed by atoms with Crippen LogP contribution < -0.4 is 5.32 Å². The summed E-state index contributed by atoms with van der Waals surface area (Å²) in [5.74, 6) is 0. The fourth-order valence-electron chi connectivity index (χ4n) is 2.26. The van der Waals surface area contributed by atoms with Crippen LogP contribution in [0.3, 0.4) is 0 Å². The number of nitrogens with zero attached hydrogens (tertiary/aromatic N) is 2. The van der Waals surface area contributed by atoms with Crippen LogP contribution in [0, 0.1) is 6.92 Å². The Labute approximate surface area is 110 Å². The summed E-state index contributed by atoms with van der Waals surface area (Å²) in [7, 11) is 0. The van der Waals surface area contributed by atoms with Crippen LogP contribution in [0.4, 0.5) is 0 Å². The molecule has 0 aliphatic carbocycles. The first kappa shape index (κ1) is 13.6. The predicted octanol–water partition coefficient (Wildman–Crippen LogP) is 2.13. The van der Waals surface area contributed by atoms with Gasteiger partial charge in [-0.25, -0.2) is 0 Å². The zero-order valence-electron chi connectivity index (χ0n) is 11.9. The molecule has 0 bridgehead atoms. The van der Waals surface area contributed by atoms with Gasteiger partial charge in [0.1, 0.15) is 0 Å². The first-order valence-electron chi connectivity index (χ1n) is 6.82. The van der Waals surface area contributed by atoms with Gasteiger partial charge >= 0.3 is 0 Å². The summed E-state index contributed by atoms with van der Waals surface area (Å²) in [6.45, 7) is 10.4. The molecular weight excluding hydrogens is 226 g/mol. The van der Waals surface area contributed by atoms with Crippen molar-refractivity contribution in [1.82, 2.24) is 15.1 Å². The van der Waals surface area contributed by atoms with Crippen molar-refractivity contribution < 1.29 is 4.74 Å². The van der Waals surface area contributed by atoms with Crippen molar-refractivity contribution in [3.8, 4) is 0 Å². The van der Waals surface area contributed by atoms with E-state index in [4.69, 9.17) is 4.74 Å². The monoisotopic (exact) mass is 251 g/mol. The molecule has 18 heavy (non-hydrogen) atoms. The van der Waals surface area contributed by atoms with Gasteiger partial charge < -0.3 is 10.1 Å². The van der Waals surface area contributed by atoms with Crippen LogP contribution in [0.25, 0.3) is 0 Å². The summed E-state index contributed by atoms with van der Waals surface area (Å²) >= 11 is 0. The predicted molar refractivity (Wildman–Crippen MR) is 72.6 cm³/mol. The van der Waals surface area contributed by atoms with Crippen molar-refractivity contribution in [1.29, 1.82) is 0 Å². The molecule has 1 N–H and O–H groups in total. The highest BCUT2D eigenvalue weighted by atomic mass is 16.5. The maximum Gasteiger partial charge on any atom is 0.0776 e.